The molecule has 0 fully saturated rings. The van der Waals surface area contributed by atoms with E-state index in [1.165, 1.54) is 0 Å². The molecule has 0 aromatic carbocycles. The van der Waals surface area contributed by atoms with Gasteiger partial charge >= 0.3 is 0 Å². The fraction of sp³-hybridized carbons (Fsp3) is 0. The van der Waals surface area contributed by atoms with Crippen LogP contribution in [-0.4, -0.2) is 9.97 Å². The SMILES string of the molecule is N#Cc1c(F)c(F)nc(F)c1F.N#Cc1nc(F)c(F)c(F)c1F. The molecule has 0 unspecified atom stereocenters. The lowest BCUT2D eigenvalue weighted by atomic mass is 10.2. The van der Waals surface area contributed by atoms with E-state index in [1.807, 2.05) is 0 Å². The summed E-state index contributed by atoms with van der Waals surface area (Å²) in [6.45, 7) is 0. The second-order valence-corrected chi connectivity index (χ2v) is 3.61. The first kappa shape index (κ1) is 18.8. The Kier molecular flexibility index (Phi) is 5.73. The lowest BCUT2D eigenvalue weighted by Crippen LogP contribution is -2.03. The van der Waals surface area contributed by atoms with Crippen molar-refractivity contribution in [1.82, 2.24) is 9.97 Å². The van der Waals surface area contributed by atoms with Crippen LogP contribution in [0.5, 0.6) is 0 Å². The fourth-order valence-electron chi connectivity index (χ4n) is 1.15. The molecule has 24 heavy (non-hydrogen) atoms. The smallest absolute Gasteiger partial charge is 0.203 e. The van der Waals surface area contributed by atoms with Crippen molar-refractivity contribution in [2.75, 3.05) is 0 Å². The van der Waals surface area contributed by atoms with Crippen LogP contribution in [-0.2, 0) is 0 Å². The second-order valence-electron chi connectivity index (χ2n) is 3.61. The number of rotatable bonds is 0. The van der Waals surface area contributed by atoms with Crippen LogP contribution < -0.4 is 0 Å². The molecule has 0 saturated carbocycles. The van der Waals surface area contributed by atoms with Crippen molar-refractivity contribution in [3.8, 4) is 12.1 Å². The molecule has 0 amide bonds. The van der Waals surface area contributed by atoms with E-state index in [0.717, 1.165) is 12.1 Å². The molecule has 124 valence electrons. The molecule has 0 radical (unpaired) electrons. The average Bonchev–Trinajstić information content (AvgIpc) is 2.55. The van der Waals surface area contributed by atoms with E-state index in [2.05, 4.69) is 9.97 Å². The van der Waals surface area contributed by atoms with Crippen molar-refractivity contribution in [3.05, 3.63) is 58.2 Å². The van der Waals surface area contributed by atoms with Gasteiger partial charge in [0.2, 0.25) is 11.6 Å². The summed E-state index contributed by atoms with van der Waals surface area (Å²) in [6, 6.07) is 2.05. The molecule has 2 heterocycles. The van der Waals surface area contributed by atoms with Gasteiger partial charge in [-0.25, -0.2) is 22.5 Å². The van der Waals surface area contributed by atoms with Crippen LogP contribution in [0.1, 0.15) is 11.3 Å². The maximum Gasteiger partial charge on any atom is 0.253 e. The minimum Gasteiger partial charge on any atom is -0.203 e. The Morgan fingerprint density at radius 3 is 1.42 bits per heavy atom. The third kappa shape index (κ3) is 3.55. The molecule has 0 spiro atoms. The number of halogens is 8. The maximum absolute atomic E-state index is 12.4. The summed E-state index contributed by atoms with van der Waals surface area (Å²) in [4.78, 5) is 4.78. The zero-order valence-electron chi connectivity index (χ0n) is 10.8. The van der Waals surface area contributed by atoms with Crippen LogP contribution in [0.2, 0.25) is 0 Å². The minimum absolute atomic E-state index is 0.975. The Labute approximate surface area is 127 Å². The van der Waals surface area contributed by atoms with E-state index >= 15 is 0 Å². The Bertz CT molecular complexity index is 858. The Balaban J connectivity index is 0.000000240. The standard InChI is InChI=1S/2C6F4N2/c7-3-2(1-11)12-6(10)5(9)4(3)8;7-3-2(1-11)4(8)6(10)12-5(3)9. The van der Waals surface area contributed by atoms with Crippen molar-refractivity contribution in [1.29, 1.82) is 10.5 Å². The minimum atomic E-state index is -2.03. The van der Waals surface area contributed by atoms with Gasteiger partial charge in [-0.3, -0.25) is 0 Å². The summed E-state index contributed by atoms with van der Waals surface area (Å²) >= 11 is 0. The number of hydrogen-bond donors (Lipinski definition) is 0. The Hall–Kier alpha value is -3.28. The first-order valence-corrected chi connectivity index (χ1v) is 5.35. The van der Waals surface area contributed by atoms with Gasteiger partial charge in [0.1, 0.15) is 17.7 Å². The fourth-order valence-corrected chi connectivity index (χ4v) is 1.15. The predicted molar refractivity (Wildman–Crippen MR) is 57.6 cm³/mol. The summed E-state index contributed by atoms with van der Waals surface area (Å²) in [5.74, 6) is -14.9. The number of nitriles is 2. The lowest BCUT2D eigenvalue weighted by Gasteiger charge is -1.96. The van der Waals surface area contributed by atoms with Crippen molar-refractivity contribution in [3.63, 3.8) is 0 Å². The van der Waals surface area contributed by atoms with Gasteiger partial charge in [-0.15, -0.1) is 0 Å². The Morgan fingerprint density at radius 2 is 1.00 bits per heavy atom. The molecule has 0 bridgehead atoms. The molecular weight excluding hydrogens is 352 g/mol. The third-order valence-corrected chi connectivity index (χ3v) is 2.20. The molecule has 0 N–H and O–H groups in total. The average molecular weight is 352 g/mol. The molecule has 0 aliphatic carbocycles. The van der Waals surface area contributed by atoms with Gasteiger partial charge < -0.3 is 0 Å². The summed E-state index contributed by atoms with van der Waals surface area (Å²) < 4.78 is 98.0. The van der Waals surface area contributed by atoms with E-state index in [0.29, 0.717) is 0 Å². The van der Waals surface area contributed by atoms with E-state index in [1.54, 1.807) is 0 Å². The highest BCUT2D eigenvalue weighted by molar-refractivity contribution is 5.30. The van der Waals surface area contributed by atoms with Crippen LogP contribution in [0.15, 0.2) is 0 Å². The normalized spacial score (nSPS) is 9.58. The van der Waals surface area contributed by atoms with Crippen LogP contribution in [0.25, 0.3) is 0 Å². The van der Waals surface area contributed by atoms with Crippen molar-refractivity contribution in [2.24, 2.45) is 0 Å². The molecule has 0 atom stereocenters. The third-order valence-electron chi connectivity index (χ3n) is 2.20. The Morgan fingerprint density at radius 1 is 0.542 bits per heavy atom. The van der Waals surface area contributed by atoms with Crippen LogP contribution in [0.3, 0.4) is 0 Å². The van der Waals surface area contributed by atoms with Crippen molar-refractivity contribution in [2.45, 2.75) is 0 Å². The lowest BCUT2D eigenvalue weighted by molar-refractivity contribution is 0.389. The molecule has 2 aromatic heterocycles. The van der Waals surface area contributed by atoms with Gasteiger partial charge in [0.05, 0.1) is 0 Å². The van der Waals surface area contributed by atoms with E-state index in [4.69, 9.17) is 10.5 Å². The highest BCUT2D eigenvalue weighted by Gasteiger charge is 2.20. The van der Waals surface area contributed by atoms with Crippen molar-refractivity contribution >= 4 is 0 Å². The van der Waals surface area contributed by atoms with Gasteiger partial charge in [-0.1, -0.05) is 0 Å². The number of pyridine rings is 2. The van der Waals surface area contributed by atoms with E-state index < -0.39 is 58.2 Å². The van der Waals surface area contributed by atoms with E-state index in [9.17, 15) is 35.1 Å². The monoisotopic (exact) mass is 352 g/mol. The topological polar surface area (TPSA) is 73.4 Å². The van der Waals surface area contributed by atoms with Gasteiger partial charge in [0.25, 0.3) is 17.8 Å². The van der Waals surface area contributed by atoms with Crippen LogP contribution in [0.4, 0.5) is 35.1 Å². The molecule has 0 aliphatic rings. The largest absolute Gasteiger partial charge is 0.253 e. The molecule has 4 nitrogen and oxygen atoms in total. The van der Waals surface area contributed by atoms with E-state index in [-0.39, 0.29) is 0 Å². The van der Waals surface area contributed by atoms with Crippen molar-refractivity contribution < 1.29 is 35.1 Å². The van der Waals surface area contributed by atoms with Gasteiger partial charge in [0, 0.05) is 0 Å². The van der Waals surface area contributed by atoms with Crippen LogP contribution in [0, 0.1) is 69.6 Å². The quantitative estimate of drug-likeness (QED) is 0.540. The number of aromatic nitrogens is 2. The molecule has 0 aliphatic heterocycles. The number of nitrogens with zero attached hydrogens (tertiary/aromatic N) is 4. The number of hydrogen-bond acceptors (Lipinski definition) is 4. The molecule has 2 aromatic rings. The highest BCUT2D eigenvalue weighted by Crippen LogP contribution is 2.15. The first-order chi connectivity index (χ1) is 11.1. The van der Waals surface area contributed by atoms with Gasteiger partial charge in [-0.05, 0) is 0 Å². The zero-order chi connectivity index (χ0) is 18.6. The second kappa shape index (κ2) is 7.32. The zero-order valence-corrected chi connectivity index (χ0v) is 10.8. The predicted octanol–water partition coefficient (Wildman–Crippen LogP) is 3.02. The maximum atomic E-state index is 12.4. The van der Waals surface area contributed by atoms with Gasteiger partial charge in [-0.2, -0.15) is 33.1 Å². The summed E-state index contributed by atoms with van der Waals surface area (Å²) in [5.41, 5.74) is -2.41. The van der Waals surface area contributed by atoms with Crippen LogP contribution >= 0.6 is 0 Å². The van der Waals surface area contributed by atoms with Gasteiger partial charge in [0.15, 0.2) is 23.1 Å². The molecule has 2 rings (SSSR count). The first-order valence-electron chi connectivity index (χ1n) is 5.35. The summed E-state index contributed by atoms with van der Waals surface area (Å²) in [7, 11) is 0. The molecular formula is C12F8N4. The highest BCUT2D eigenvalue weighted by atomic mass is 19.2. The summed E-state index contributed by atoms with van der Waals surface area (Å²) in [5, 5.41) is 16.1. The molecule has 12 heteroatoms. The summed E-state index contributed by atoms with van der Waals surface area (Å²) in [6.07, 6.45) is 0. The molecule has 0 saturated heterocycles.